The fourth-order valence-electron chi connectivity index (χ4n) is 5.26. The van der Waals surface area contributed by atoms with Gasteiger partial charge in [0.2, 0.25) is 0 Å². The van der Waals surface area contributed by atoms with Gasteiger partial charge in [0.25, 0.3) is 0 Å². The van der Waals surface area contributed by atoms with Gasteiger partial charge in [0.15, 0.2) is 0 Å². The van der Waals surface area contributed by atoms with Crippen molar-refractivity contribution in [2.45, 2.75) is 38.6 Å². The molecule has 37 heavy (non-hydrogen) atoms. The van der Waals surface area contributed by atoms with Crippen LogP contribution in [0.5, 0.6) is 0 Å². The molecule has 3 aromatic carbocycles. The van der Waals surface area contributed by atoms with Crippen LogP contribution in [0.2, 0.25) is 5.02 Å². The van der Waals surface area contributed by atoms with E-state index in [1.807, 2.05) is 26.0 Å². The standard InChI is InChI=1S/C28H30ClN3O2S.C2H6/c1-30(2)35(33,34)32-20-26(29)25-17-24(13-14-27(25)32)28(18-22-9-5-3-6-10-22)15-16-31(21-28)19-23-11-7-4-8-12-23;1-2/h3-14,17,20H,15-16,18-19,21H2,1-2H3;1-2H3. The van der Waals surface area contributed by atoms with Crippen LogP contribution in [0.1, 0.15) is 37.0 Å². The summed E-state index contributed by atoms with van der Waals surface area (Å²) in [7, 11) is -0.612. The zero-order chi connectivity index (χ0) is 26.6. The number of aromatic nitrogens is 1. The van der Waals surface area contributed by atoms with Gasteiger partial charge in [-0.3, -0.25) is 4.90 Å². The molecule has 7 heteroatoms. The second-order valence-electron chi connectivity index (χ2n) is 9.68. The van der Waals surface area contributed by atoms with E-state index in [0.717, 1.165) is 37.9 Å². The summed E-state index contributed by atoms with van der Waals surface area (Å²) >= 11 is 6.59. The molecular weight excluding hydrogens is 502 g/mol. The summed E-state index contributed by atoms with van der Waals surface area (Å²) in [6, 6.07) is 27.3. The average Bonchev–Trinajstić information content (AvgIpc) is 3.47. The number of halogens is 1. The van der Waals surface area contributed by atoms with Gasteiger partial charge in [0.1, 0.15) is 0 Å². The molecular formula is C30H36ClN3O2S. The summed E-state index contributed by atoms with van der Waals surface area (Å²) in [5.74, 6) is 0. The lowest BCUT2D eigenvalue weighted by Gasteiger charge is -2.31. The molecule has 5 nitrogen and oxygen atoms in total. The first-order valence-electron chi connectivity index (χ1n) is 12.8. The van der Waals surface area contributed by atoms with Crippen LogP contribution in [0.15, 0.2) is 85.1 Å². The van der Waals surface area contributed by atoms with Crippen molar-refractivity contribution in [2.24, 2.45) is 0 Å². The Bertz CT molecular complexity index is 1440. The molecule has 1 aliphatic heterocycles. The van der Waals surface area contributed by atoms with Crippen LogP contribution in [0.25, 0.3) is 10.9 Å². The number of nitrogens with zero attached hydrogens (tertiary/aromatic N) is 3. The van der Waals surface area contributed by atoms with E-state index in [-0.39, 0.29) is 5.41 Å². The normalized spacial score (nSPS) is 18.2. The summed E-state index contributed by atoms with van der Waals surface area (Å²) in [6.45, 7) is 6.85. The van der Waals surface area contributed by atoms with Crippen molar-refractivity contribution in [3.63, 3.8) is 0 Å². The van der Waals surface area contributed by atoms with E-state index in [1.165, 1.54) is 45.3 Å². The number of hydrogen-bond donors (Lipinski definition) is 0. The summed E-state index contributed by atoms with van der Waals surface area (Å²) in [4.78, 5) is 2.52. The third-order valence-electron chi connectivity index (χ3n) is 7.11. The van der Waals surface area contributed by atoms with E-state index in [1.54, 1.807) is 0 Å². The van der Waals surface area contributed by atoms with Gasteiger partial charge >= 0.3 is 10.2 Å². The summed E-state index contributed by atoms with van der Waals surface area (Å²) in [5, 5.41) is 1.21. The van der Waals surface area contributed by atoms with Gasteiger partial charge in [-0.05, 0) is 48.2 Å². The van der Waals surface area contributed by atoms with Gasteiger partial charge in [0.05, 0.1) is 10.5 Å². The fraction of sp³-hybridized carbons (Fsp3) is 0.333. The molecule has 1 aliphatic rings. The van der Waals surface area contributed by atoms with E-state index in [4.69, 9.17) is 11.6 Å². The Morgan fingerprint density at radius 2 is 1.54 bits per heavy atom. The van der Waals surface area contributed by atoms with Crippen LogP contribution in [-0.4, -0.2) is 48.8 Å². The van der Waals surface area contributed by atoms with E-state index < -0.39 is 10.2 Å². The highest BCUT2D eigenvalue weighted by molar-refractivity contribution is 7.87. The largest absolute Gasteiger partial charge is 0.307 e. The van der Waals surface area contributed by atoms with E-state index in [2.05, 4.69) is 71.6 Å². The summed E-state index contributed by atoms with van der Waals surface area (Å²) in [6.07, 6.45) is 3.44. The molecule has 0 aliphatic carbocycles. The number of benzene rings is 3. The molecule has 1 saturated heterocycles. The number of rotatable bonds is 7. The topological polar surface area (TPSA) is 45.6 Å². The van der Waals surface area contributed by atoms with Crippen LogP contribution in [0, 0.1) is 0 Å². The Morgan fingerprint density at radius 1 is 0.919 bits per heavy atom. The predicted octanol–water partition coefficient (Wildman–Crippen LogP) is 6.36. The van der Waals surface area contributed by atoms with Gasteiger partial charge in [-0.25, -0.2) is 3.97 Å². The highest BCUT2D eigenvalue weighted by atomic mass is 35.5. The smallest absolute Gasteiger partial charge is 0.298 e. The maximum atomic E-state index is 12.8. The number of fused-ring (bicyclic) bond motifs is 1. The average molecular weight is 538 g/mol. The van der Waals surface area contributed by atoms with Crippen molar-refractivity contribution < 1.29 is 8.42 Å². The zero-order valence-corrected chi connectivity index (χ0v) is 23.6. The predicted molar refractivity (Wildman–Crippen MR) is 154 cm³/mol. The molecule has 1 aromatic heterocycles. The second kappa shape index (κ2) is 11.4. The van der Waals surface area contributed by atoms with Gasteiger partial charge < -0.3 is 0 Å². The number of hydrogen-bond acceptors (Lipinski definition) is 3. The Balaban J connectivity index is 0.00000156. The first-order chi connectivity index (χ1) is 17.8. The Kier molecular flexibility index (Phi) is 8.44. The lowest BCUT2D eigenvalue weighted by atomic mass is 9.74. The molecule has 0 N–H and O–H groups in total. The van der Waals surface area contributed by atoms with Crippen molar-refractivity contribution in [1.82, 2.24) is 13.2 Å². The first-order valence-corrected chi connectivity index (χ1v) is 14.6. The monoisotopic (exact) mass is 537 g/mol. The molecule has 1 unspecified atom stereocenters. The quantitative estimate of drug-likeness (QED) is 0.275. The molecule has 1 fully saturated rings. The number of likely N-dealkylation sites (tertiary alicyclic amines) is 1. The van der Waals surface area contributed by atoms with E-state index in [9.17, 15) is 8.42 Å². The van der Waals surface area contributed by atoms with Crippen LogP contribution in [0.3, 0.4) is 0 Å². The van der Waals surface area contributed by atoms with Crippen molar-refractivity contribution in [3.05, 3.63) is 107 Å². The van der Waals surface area contributed by atoms with Crippen LogP contribution < -0.4 is 0 Å². The Morgan fingerprint density at radius 3 is 2.16 bits per heavy atom. The van der Waals surface area contributed by atoms with Crippen molar-refractivity contribution >= 4 is 32.7 Å². The molecule has 1 atom stereocenters. The molecule has 0 amide bonds. The van der Waals surface area contributed by atoms with Crippen molar-refractivity contribution in [1.29, 1.82) is 0 Å². The third-order valence-corrected chi connectivity index (χ3v) is 9.13. The van der Waals surface area contributed by atoms with Crippen molar-refractivity contribution in [2.75, 3.05) is 27.2 Å². The molecule has 0 saturated carbocycles. The fourth-order valence-corrected chi connectivity index (χ4v) is 6.57. The van der Waals surface area contributed by atoms with Gasteiger partial charge in [-0.15, -0.1) is 0 Å². The van der Waals surface area contributed by atoms with Crippen molar-refractivity contribution in [3.8, 4) is 0 Å². The third kappa shape index (κ3) is 5.63. The van der Waals surface area contributed by atoms with E-state index in [0.29, 0.717) is 10.5 Å². The zero-order valence-electron chi connectivity index (χ0n) is 22.1. The molecule has 0 spiro atoms. The highest BCUT2D eigenvalue weighted by Gasteiger charge is 2.40. The van der Waals surface area contributed by atoms with Crippen LogP contribution in [0.4, 0.5) is 0 Å². The lowest BCUT2D eigenvalue weighted by Crippen LogP contribution is -2.33. The summed E-state index contributed by atoms with van der Waals surface area (Å²) < 4.78 is 28.2. The van der Waals surface area contributed by atoms with Gasteiger partial charge in [0, 0.05) is 44.2 Å². The molecule has 0 radical (unpaired) electrons. The Labute approximate surface area is 226 Å². The second-order valence-corrected chi connectivity index (χ2v) is 12.1. The highest BCUT2D eigenvalue weighted by Crippen LogP contribution is 2.41. The molecule has 2 heterocycles. The lowest BCUT2D eigenvalue weighted by molar-refractivity contribution is 0.301. The minimum Gasteiger partial charge on any atom is -0.298 e. The molecule has 196 valence electrons. The van der Waals surface area contributed by atoms with Crippen LogP contribution in [-0.2, 0) is 28.6 Å². The maximum absolute atomic E-state index is 12.8. The molecule has 0 bridgehead atoms. The minimum atomic E-state index is -3.66. The van der Waals surface area contributed by atoms with Gasteiger partial charge in [-0.2, -0.15) is 12.7 Å². The maximum Gasteiger partial charge on any atom is 0.307 e. The molecule has 4 aromatic rings. The van der Waals surface area contributed by atoms with E-state index >= 15 is 0 Å². The molecule has 5 rings (SSSR count). The SMILES string of the molecule is CC.CN(C)S(=O)(=O)n1cc(Cl)c2cc(C3(Cc4ccccc4)CCN(Cc4ccccc4)C3)ccc21. The first kappa shape index (κ1) is 27.4. The minimum absolute atomic E-state index is 0.0871. The van der Waals surface area contributed by atoms with Gasteiger partial charge in [-0.1, -0.05) is 92.2 Å². The van der Waals surface area contributed by atoms with Crippen LogP contribution >= 0.6 is 11.6 Å². The Hall–Kier alpha value is -2.64. The summed E-state index contributed by atoms with van der Waals surface area (Å²) in [5.41, 5.74) is 4.32.